The quantitative estimate of drug-likeness (QED) is 0.310. The molecule has 2 aliphatic rings. The van der Waals surface area contributed by atoms with E-state index in [4.69, 9.17) is 9.26 Å². The molecule has 0 N–H and O–H groups in total. The molecule has 7 nitrogen and oxygen atoms in total. The number of esters is 1. The summed E-state index contributed by atoms with van der Waals surface area (Å²) in [5.74, 6) is 1.71. The molecule has 2 heterocycles. The minimum atomic E-state index is -0.265. The molecule has 1 aromatic heterocycles. The van der Waals surface area contributed by atoms with Gasteiger partial charge in [0.15, 0.2) is 0 Å². The van der Waals surface area contributed by atoms with E-state index in [1.54, 1.807) is 6.92 Å². The Labute approximate surface area is 231 Å². The number of carbonyl (C=O) groups is 2. The zero-order chi connectivity index (χ0) is 27.5. The Morgan fingerprint density at radius 2 is 1.79 bits per heavy atom. The van der Waals surface area contributed by atoms with Crippen molar-refractivity contribution < 1.29 is 18.8 Å². The second-order valence-corrected chi connectivity index (χ2v) is 11.0. The molecule has 206 valence electrons. The lowest BCUT2D eigenvalue weighted by Gasteiger charge is -2.42. The molecule has 0 spiro atoms. The molecule has 2 atom stereocenters. The molecule has 3 aromatic rings. The maximum Gasteiger partial charge on any atom is 0.338 e. The summed E-state index contributed by atoms with van der Waals surface area (Å²) in [4.78, 5) is 28.9. The smallest absolute Gasteiger partial charge is 0.338 e. The van der Waals surface area contributed by atoms with Crippen LogP contribution in [0.15, 0.2) is 53.1 Å². The van der Waals surface area contributed by atoms with Gasteiger partial charge in [-0.05, 0) is 75.4 Å². The highest BCUT2D eigenvalue weighted by Gasteiger charge is 2.45. The SMILES string of the molecule is CCOC(=O)c1ccc(CCCN2CC(CN(C(C)=O)C3CC3c3ccc(-c4c(C)noc4C)cc3)C2)cc1. The lowest BCUT2D eigenvalue weighted by Crippen LogP contribution is -2.52. The summed E-state index contributed by atoms with van der Waals surface area (Å²) in [6.07, 6.45) is 3.11. The van der Waals surface area contributed by atoms with E-state index in [9.17, 15) is 9.59 Å². The molecule has 7 heteroatoms. The fourth-order valence-corrected chi connectivity index (χ4v) is 5.96. The number of aromatic nitrogens is 1. The highest BCUT2D eigenvalue weighted by Crippen LogP contribution is 2.45. The van der Waals surface area contributed by atoms with Crippen LogP contribution in [-0.4, -0.2) is 65.7 Å². The van der Waals surface area contributed by atoms with Crippen LogP contribution in [0.25, 0.3) is 11.1 Å². The number of amides is 1. The van der Waals surface area contributed by atoms with Crippen molar-refractivity contribution in [2.75, 3.05) is 32.8 Å². The molecule has 2 aromatic carbocycles. The molecular weight excluding hydrogens is 490 g/mol. The van der Waals surface area contributed by atoms with Crippen molar-refractivity contribution in [2.45, 2.75) is 58.9 Å². The number of hydrogen-bond donors (Lipinski definition) is 0. The van der Waals surface area contributed by atoms with Gasteiger partial charge in [-0.3, -0.25) is 4.79 Å². The molecular formula is C32H39N3O4. The zero-order valence-electron chi connectivity index (χ0n) is 23.5. The van der Waals surface area contributed by atoms with Gasteiger partial charge in [0.05, 0.1) is 17.9 Å². The fraction of sp³-hybridized carbons (Fsp3) is 0.469. The predicted octanol–water partition coefficient (Wildman–Crippen LogP) is 5.40. The fourth-order valence-electron chi connectivity index (χ4n) is 5.96. The normalized spacial score (nSPS) is 19.0. The number of carbonyl (C=O) groups excluding carboxylic acids is 2. The van der Waals surface area contributed by atoms with Crippen molar-refractivity contribution in [2.24, 2.45) is 5.92 Å². The molecule has 1 saturated carbocycles. The van der Waals surface area contributed by atoms with E-state index < -0.39 is 0 Å². The van der Waals surface area contributed by atoms with E-state index in [2.05, 4.69) is 39.2 Å². The third-order valence-corrected chi connectivity index (χ3v) is 8.11. The van der Waals surface area contributed by atoms with Crippen molar-refractivity contribution >= 4 is 11.9 Å². The highest BCUT2D eigenvalue weighted by molar-refractivity contribution is 5.89. The molecule has 39 heavy (non-hydrogen) atoms. The molecule has 1 saturated heterocycles. The molecule has 5 rings (SSSR count). The average molecular weight is 530 g/mol. The number of nitrogens with zero attached hydrogens (tertiary/aromatic N) is 3. The van der Waals surface area contributed by atoms with Gasteiger partial charge in [-0.2, -0.15) is 0 Å². The Morgan fingerprint density at radius 3 is 2.41 bits per heavy atom. The van der Waals surface area contributed by atoms with Crippen LogP contribution in [0.5, 0.6) is 0 Å². The van der Waals surface area contributed by atoms with Crippen LogP contribution in [0.2, 0.25) is 0 Å². The van der Waals surface area contributed by atoms with Crippen molar-refractivity contribution in [3.63, 3.8) is 0 Å². The first-order valence-electron chi connectivity index (χ1n) is 14.1. The van der Waals surface area contributed by atoms with Gasteiger partial charge in [-0.1, -0.05) is 41.6 Å². The van der Waals surface area contributed by atoms with Crippen molar-refractivity contribution in [1.29, 1.82) is 0 Å². The number of benzene rings is 2. The highest BCUT2D eigenvalue weighted by atomic mass is 16.5. The molecule has 0 bridgehead atoms. The summed E-state index contributed by atoms with van der Waals surface area (Å²) in [5, 5.41) is 4.07. The summed E-state index contributed by atoms with van der Waals surface area (Å²) in [5.41, 5.74) is 6.24. The largest absolute Gasteiger partial charge is 0.462 e. The van der Waals surface area contributed by atoms with E-state index in [0.717, 1.165) is 68.0 Å². The van der Waals surface area contributed by atoms with Crippen LogP contribution in [0.4, 0.5) is 0 Å². The Kier molecular flexibility index (Phi) is 8.17. The van der Waals surface area contributed by atoms with Crippen LogP contribution in [0.3, 0.4) is 0 Å². The van der Waals surface area contributed by atoms with Crippen LogP contribution >= 0.6 is 0 Å². The Bertz CT molecular complexity index is 1270. The standard InChI is InChI=1S/C32H39N3O4/c1-5-38-32(37)28-10-8-24(9-11-28)7-6-16-34-18-25(19-34)20-35(23(4)36)30-17-29(30)26-12-14-27(15-13-26)31-21(2)33-39-22(31)3/h8-15,25,29-30H,5-7,16-20H2,1-4H3. The van der Waals surface area contributed by atoms with Gasteiger partial charge in [-0.25, -0.2) is 4.79 Å². The molecule has 2 fully saturated rings. The summed E-state index contributed by atoms with van der Waals surface area (Å²) < 4.78 is 10.4. The first kappa shape index (κ1) is 27.1. The predicted molar refractivity (Wildman–Crippen MR) is 151 cm³/mol. The van der Waals surface area contributed by atoms with Crippen LogP contribution in [0.1, 0.15) is 65.5 Å². The molecule has 1 aliphatic heterocycles. The van der Waals surface area contributed by atoms with E-state index in [-0.39, 0.29) is 11.9 Å². The van der Waals surface area contributed by atoms with Gasteiger partial charge < -0.3 is 19.1 Å². The van der Waals surface area contributed by atoms with Gasteiger partial charge in [0, 0.05) is 50.0 Å². The van der Waals surface area contributed by atoms with Gasteiger partial charge >= 0.3 is 5.97 Å². The third kappa shape index (κ3) is 6.25. The summed E-state index contributed by atoms with van der Waals surface area (Å²) in [6.45, 7) is 11.8. The van der Waals surface area contributed by atoms with Crippen molar-refractivity contribution in [1.82, 2.24) is 15.0 Å². The molecule has 0 radical (unpaired) electrons. The Balaban J connectivity index is 1.06. The maximum atomic E-state index is 12.5. The van der Waals surface area contributed by atoms with Crippen molar-refractivity contribution in [3.8, 4) is 11.1 Å². The monoisotopic (exact) mass is 529 g/mol. The van der Waals surface area contributed by atoms with Gasteiger partial charge in [0.25, 0.3) is 0 Å². The first-order chi connectivity index (χ1) is 18.8. The van der Waals surface area contributed by atoms with E-state index in [1.165, 1.54) is 11.1 Å². The Morgan fingerprint density at radius 1 is 1.08 bits per heavy atom. The number of ether oxygens (including phenoxy) is 1. The molecule has 2 unspecified atom stereocenters. The van der Waals surface area contributed by atoms with E-state index in [0.29, 0.717) is 30.0 Å². The number of rotatable bonds is 11. The first-order valence-corrected chi connectivity index (χ1v) is 14.1. The molecule has 1 aliphatic carbocycles. The number of likely N-dealkylation sites (tertiary alicyclic amines) is 1. The molecule has 1 amide bonds. The maximum absolute atomic E-state index is 12.5. The average Bonchev–Trinajstić information content (AvgIpc) is 3.62. The third-order valence-electron chi connectivity index (χ3n) is 8.11. The van der Waals surface area contributed by atoms with E-state index in [1.807, 2.05) is 45.0 Å². The van der Waals surface area contributed by atoms with Gasteiger partial charge in [0.1, 0.15) is 5.76 Å². The second kappa shape index (κ2) is 11.7. The number of hydrogen-bond acceptors (Lipinski definition) is 6. The van der Waals surface area contributed by atoms with Crippen LogP contribution in [0, 0.1) is 19.8 Å². The summed E-state index contributed by atoms with van der Waals surface area (Å²) in [6, 6.07) is 16.7. The summed E-state index contributed by atoms with van der Waals surface area (Å²) in [7, 11) is 0. The lowest BCUT2D eigenvalue weighted by molar-refractivity contribution is -0.131. The van der Waals surface area contributed by atoms with Crippen molar-refractivity contribution in [3.05, 3.63) is 76.7 Å². The Hall–Kier alpha value is -3.45. The second-order valence-electron chi connectivity index (χ2n) is 11.0. The topological polar surface area (TPSA) is 75.9 Å². The summed E-state index contributed by atoms with van der Waals surface area (Å²) >= 11 is 0. The van der Waals surface area contributed by atoms with Gasteiger partial charge in [-0.15, -0.1) is 0 Å². The zero-order valence-corrected chi connectivity index (χ0v) is 23.5. The lowest BCUT2D eigenvalue weighted by atomic mass is 9.98. The number of aryl methyl sites for hydroxylation is 3. The minimum Gasteiger partial charge on any atom is -0.462 e. The van der Waals surface area contributed by atoms with Crippen LogP contribution < -0.4 is 0 Å². The van der Waals surface area contributed by atoms with E-state index >= 15 is 0 Å². The van der Waals surface area contributed by atoms with Gasteiger partial charge in [0.2, 0.25) is 5.91 Å². The minimum absolute atomic E-state index is 0.180. The van der Waals surface area contributed by atoms with Crippen LogP contribution in [-0.2, 0) is 16.0 Å².